The SMILES string of the molecule is CC(N)CCNS(=O)(=O)N1CCCC(C)C1. The van der Waals surface area contributed by atoms with Gasteiger partial charge in [-0.05, 0) is 32.1 Å². The van der Waals surface area contributed by atoms with E-state index in [-0.39, 0.29) is 6.04 Å². The van der Waals surface area contributed by atoms with Gasteiger partial charge in [-0.25, -0.2) is 4.72 Å². The Kier molecular flexibility index (Phi) is 5.17. The van der Waals surface area contributed by atoms with Crippen LogP contribution in [0.15, 0.2) is 0 Å². The van der Waals surface area contributed by atoms with Crippen molar-refractivity contribution in [1.82, 2.24) is 9.03 Å². The third-order valence-corrected chi connectivity index (χ3v) is 4.42. The third-order valence-electron chi connectivity index (χ3n) is 2.84. The van der Waals surface area contributed by atoms with Crippen LogP contribution in [-0.4, -0.2) is 38.4 Å². The summed E-state index contributed by atoms with van der Waals surface area (Å²) < 4.78 is 27.9. The first-order valence-electron chi connectivity index (χ1n) is 5.92. The highest BCUT2D eigenvalue weighted by molar-refractivity contribution is 7.87. The van der Waals surface area contributed by atoms with Crippen LogP contribution in [0, 0.1) is 5.92 Å². The maximum atomic E-state index is 11.9. The van der Waals surface area contributed by atoms with E-state index in [1.165, 1.54) is 0 Å². The molecule has 96 valence electrons. The van der Waals surface area contributed by atoms with Crippen molar-refractivity contribution in [2.75, 3.05) is 19.6 Å². The van der Waals surface area contributed by atoms with Gasteiger partial charge in [0.1, 0.15) is 0 Å². The number of hydrogen-bond acceptors (Lipinski definition) is 3. The van der Waals surface area contributed by atoms with Gasteiger partial charge in [-0.15, -0.1) is 0 Å². The topological polar surface area (TPSA) is 75.4 Å². The van der Waals surface area contributed by atoms with Crippen molar-refractivity contribution in [2.24, 2.45) is 11.7 Å². The molecular weight excluding hydrogens is 226 g/mol. The predicted molar refractivity (Wildman–Crippen MR) is 65.2 cm³/mol. The van der Waals surface area contributed by atoms with Gasteiger partial charge in [0.25, 0.3) is 10.2 Å². The van der Waals surface area contributed by atoms with Crippen molar-refractivity contribution in [3.63, 3.8) is 0 Å². The average molecular weight is 249 g/mol. The van der Waals surface area contributed by atoms with E-state index in [1.54, 1.807) is 4.31 Å². The molecular formula is C10H23N3O2S. The fourth-order valence-electron chi connectivity index (χ4n) is 1.87. The molecule has 0 amide bonds. The normalized spacial score (nSPS) is 25.6. The molecule has 6 heteroatoms. The first-order valence-corrected chi connectivity index (χ1v) is 7.36. The molecule has 2 atom stereocenters. The standard InChI is InChI=1S/C10H23N3O2S/c1-9-4-3-7-13(8-9)16(14,15)12-6-5-10(2)11/h9-10,12H,3-8,11H2,1-2H3. The second-order valence-electron chi connectivity index (χ2n) is 4.77. The van der Waals surface area contributed by atoms with Crippen LogP contribution >= 0.6 is 0 Å². The highest BCUT2D eigenvalue weighted by Gasteiger charge is 2.26. The van der Waals surface area contributed by atoms with Crippen LogP contribution in [0.4, 0.5) is 0 Å². The lowest BCUT2D eigenvalue weighted by atomic mass is 10.0. The minimum atomic E-state index is -3.28. The summed E-state index contributed by atoms with van der Waals surface area (Å²) in [6.45, 7) is 5.65. The number of rotatable bonds is 5. The van der Waals surface area contributed by atoms with Crippen molar-refractivity contribution >= 4 is 10.2 Å². The highest BCUT2D eigenvalue weighted by Crippen LogP contribution is 2.17. The Morgan fingerprint density at radius 1 is 1.56 bits per heavy atom. The van der Waals surface area contributed by atoms with Gasteiger partial charge >= 0.3 is 0 Å². The molecule has 0 aliphatic carbocycles. The van der Waals surface area contributed by atoms with E-state index in [4.69, 9.17) is 5.73 Å². The summed E-state index contributed by atoms with van der Waals surface area (Å²) in [6, 6.07) is 0.0305. The maximum Gasteiger partial charge on any atom is 0.279 e. The van der Waals surface area contributed by atoms with Crippen molar-refractivity contribution < 1.29 is 8.42 Å². The van der Waals surface area contributed by atoms with Gasteiger partial charge in [-0.3, -0.25) is 0 Å². The van der Waals surface area contributed by atoms with Crippen LogP contribution in [0.5, 0.6) is 0 Å². The quantitative estimate of drug-likeness (QED) is 0.735. The molecule has 0 bridgehead atoms. The summed E-state index contributed by atoms with van der Waals surface area (Å²) in [5.74, 6) is 0.457. The van der Waals surface area contributed by atoms with E-state index in [2.05, 4.69) is 11.6 Å². The fraction of sp³-hybridized carbons (Fsp3) is 1.00. The predicted octanol–water partition coefficient (Wildman–Crippen LogP) is 0.290. The number of piperidine rings is 1. The van der Waals surface area contributed by atoms with Crippen LogP contribution in [0.2, 0.25) is 0 Å². The summed E-state index contributed by atoms with van der Waals surface area (Å²) in [7, 11) is -3.28. The Labute approximate surface area is 98.6 Å². The summed E-state index contributed by atoms with van der Waals surface area (Å²) >= 11 is 0. The maximum absolute atomic E-state index is 11.9. The molecule has 1 rings (SSSR count). The lowest BCUT2D eigenvalue weighted by Crippen LogP contribution is -2.46. The number of nitrogens with two attached hydrogens (primary N) is 1. The monoisotopic (exact) mass is 249 g/mol. The zero-order valence-corrected chi connectivity index (χ0v) is 11.0. The molecule has 5 nitrogen and oxygen atoms in total. The zero-order chi connectivity index (χ0) is 12.2. The number of nitrogens with one attached hydrogen (secondary N) is 1. The molecule has 0 aromatic heterocycles. The van der Waals surface area contributed by atoms with Crippen LogP contribution in [0.25, 0.3) is 0 Å². The Balaban J connectivity index is 2.43. The van der Waals surface area contributed by atoms with E-state index in [0.717, 1.165) is 12.8 Å². The minimum absolute atomic E-state index is 0.0305. The van der Waals surface area contributed by atoms with Gasteiger partial charge in [0.05, 0.1) is 0 Å². The molecule has 0 radical (unpaired) electrons. The zero-order valence-electron chi connectivity index (χ0n) is 10.1. The van der Waals surface area contributed by atoms with Crippen LogP contribution in [-0.2, 0) is 10.2 Å². The van der Waals surface area contributed by atoms with Gasteiger partial charge in [-0.1, -0.05) is 6.92 Å². The van der Waals surface area contributed by atoms with Gasteiger partial charge in [-0.2, -0.15) is 12.7 Å². The molecule has 0 aromatic carbocycles. The average Bonchev–Trinajstić information content (AvgIpc) is 2.16. The summed E-state index contributed by atoms with van der Waals surface area (Å²) in [5, 5.41) is 0. The first kappa shape index (κ1) is 13.9. The van der Waals surface area contributed by atoms with Crippen molar-refractivity contribution in [1.29, 1.82) is 0 Å². The second-order valence-corrected chi connectivity index (χ2v) is 6.53. The molecule has 1 aliphatic heterocycles. The van der Waals surface area contributed by atoms with Gasteiger partial charge in [0, 0.05) is 25.7 Å². The molecule has 2 unspecified atom stereocenters. The third kappa shape index (κ3) is 4.37. The minimum Gasteiger partial charge on any atom is -0.328 e. The summed E-state index contributed by atoms with van der Waals surface area (Å²) in [5.41, 5.74) is 5.57. The molecule has 3 N–H and O–H groups in total. The smallest absolute Gasteiger partial charge is 0.279 e. The largest absolute Gasteiger partial charge is 0.328 e. The molecule has 0 aromatic rings. The lowest BCUT2D eigenvalue weighted by molar-refractivity contribution is 0.278. The van der Waals surface area contributed by atoms with E-state index in [0.29, 0.717) is 32.0 Å². The molecule has 16 heavy (non-hydrogen) atoms. The molecule has 0 saturated carbocycles. The summed E-state index contributed by atoms with van der Waals surface area (Å²) in [6.07, 6.45) is 2.74. The van der Waals surface area contributed by atoms with Crippen molar-refractivity contribution in [3.8, 4) is 0 Å². The van der Waals surface area contributed by atoms with Crippen molar-refractivity contribution in [2.45, 2.75) is 39.2 Å². The number of nitrogens with zero attached hydrogens (tertiary/aromatic N) is 1. The Hall–Kier alpha value is -0.170. The van der Waals surface area contributed by atoms with E-state index in [1.807, 2.05) is 6.92 Å². The van der Waals surface area contributed by atoms with E-state index >= 15 is 0 Å². The summed E-state index contributed by atoms with van der Waals surface area (Å²) in [4.78, 5) is 0. The van der Waals surface area contributed by atoms with E-state index < -0.39 is 10.2 Å². The Morgan fingerprint density at radius 2 is 2.25 bits per heavy atom. The number of hydrogen-bond donors (Lipinski definition) is 2. The fourth-order valence-corrected chi connectivity index (χ4v) is 3.25. The van der Waals surface area contributed by atoms with Crippen LogP contribution in [0.3, 0.4) is 0 Å². The van der Waals surface area contributed by atoms with Gasteiger partial charge < -0.3 is 5.73 Å². The van der Waals surface area contributed by atoms with Crippen LogP contribution < -0.4 is 10.5 Å². The van der Waals surface area contributed by atoms with Crippen molar-refractivity contribution in [3.05, 3.63) is 0 Å². The molecule has 1 saturated heterocycles. The Morgan fingerprint density at radius 3 is 2.81 bits per heavy atom. The Bertz CT molecular complexity index is 303. The first-order chi connectivity index (χ1) is 7.42. The highest BCUT2D eigenvalue weighted by atomic mass is 32.2. The molecule has 0 spiro atoms. The van der Waals surface area contributed by atoms with Crippen LogP contribution in [0.1, 0.15) is 33.1 Å². The molecule has 1 fully saturated rings. The van der Waals surface area contributed by atoms with E-state index in [9.17, 15) is 8.42 Å². The molecule has 1 heterocycles. The second kappa shape index (κ2) is 5.95. The van der Waals surface area contributed by atoms with Gasteiger partial charge in [0.15, 0.2) is 0 Å². The lowest BCUT2D eigenvalue weighted by Gasteiger charge is -2.30. The molecule has 1 aliphatic rings. The van der Waals surface area contributed by atoms with Gasteiger partial charge in [0.2, 0.25) is 0 Å².